The normalized spacial score (nSPS) is 11.5. The number of unbranched alkanes of at least 4 members (excludes halogenated alkanes) is 2. The molecule has 1 aromatic rings. The predicted molar refractivity (Wildman–Crippen MR) is 52.1 cm³/mol. The van der Waals surface area contributed by atoms with Gasteiger partial charge in [-0.1, -0.05) is 19.8 Å². The number of nitrogens with zero attached hydrogens (tertiary/aromatic N) is 2. The van der Waals surface area contributed by atoms with Crippen LogP contribution in [0, 0.1) is 0 Å². The molecule has 0 spiro atoms. The monoisotopic (exact) mass is 218 g/mol. The van der Waals surface area contributed by atoms with Crippen LogP contribution >= 0.6 is 0 Å². The van der Waals surface area contributed by atoms with Crippen LogP contribution in [-0.2, 0) is 10.1 Å². The van der Waals surface area contributed by atoms with E-state index in [1.807, 2.05) is 6.92 Å². The number of hydrogen-bond acceptors (Lipinski definition) is 4. The van der Waals surface area contributed by atoms with Gasteiger partial charge < -0.3 is 0 Å². The highest BCUT2D eigenvalue weighted by atomic mass is 32.2. The van der Waals surface area contributed by atoms with E-state index in [2.05, 4.69) is 4.98 Å². The van der Waals surface area contributed by atoms with Crippen LogP contribution in [0.4, 0.5) is 0 Å². The molecule has 0 amide bonds. The maximum atomic E-state index is 11.3. The van der Waals surface area contributed by atoms with Crippen LogP contribution in [0.2, 0.25) is 0 Å². The Morgan fingerprint density at radius 3 is 2.79 bits per heavy atom. The second-order valence-corrected chi connectivity index (χ2v) is 4.64. The van der Waals surface area contributed by atoms with Crippen LogP contribution < -0.4 is 4.28 Å². The SMILES string of the molecule is CCCCCS(=O)(=O)On1ccnc1. The van der Waals surface area contributed by atoms with Crippen molar-refractivity contribution in [2.24, 2.45) is 0 Å². The molecule has 0 atom stereocenters. The lowest BCUT2D eigenvalue weighted by molar-refractivity contribution is 0.278. The first-order chi connectivity index (χ1) is 6.64. The summed E-state index contributed by atoms with van der Waals surface area (Å²) in [7, 11) is -3.45. The summed E-state index contributed by atoms with van der Waals surface area (Å²) in [6.45, 7) is 2.02. The topological polar surface area (TPSA) is 61.2 Å². The third kappa shape index (κ3) is 3.78. The molecule has 14 heavy (non-hydrogen) atoms. The average Bonchev–Trinajstić information content (AvgIpc) is 2.56. The van der Waals surface area contributed by atoms with E-state index in [-0.39, 0.29) is 5.75 Å². The maximum Gasteiger partial charge on any atom is 0.327 e. The average molecular weight is 218 g/mol. The summed E-state index contributed by atoms with van der Waals surface area (Å²) in [6, 6.07) is 0. The van der Waals surface area contributed by atoms with Gasteiger partial charge in [-0.2, -0.15) is 13.1 Å². The van der Waals surface area contributed by atoms with E-state index in [0.717, 1.165) is 17.6 Å². The molecule has 0 radical (unpaired) electrons. The Morgan fingerprint density at radius 1 is 1.43 bits per heavy atom. The van der Waals surface area contributed by atoms with Gasteiger partial charge in [0.15, 0.2) is 0 Å². The third-order valence-electron chi connectivity index (χ3n) is 1.68. The molecule has 0 unspecified atom stereocenters. The van der Waals surface area contributed by atoms with E-state index in [1.165, 1.54) is 18.7 Å². The molecule has 0 saturated heterocycles. The smallest absolute Gasteiger partial charge is 0.286 e. The minimum atomic E-state index is -3.45. The standard InChI is InChI=1S/C8H14N2O3S/c1-2-3-4-7-14(11,12)13-10-6-5-9-8-10/h5-6,8H,2-4,7H2,1H3. The number of aromatic nitrogens is 2. The molecule has 5 nitrogen and oxygen atoms in total. The summed E-state index contributed by atoms with van der Waals surface area (Å²) in [5.74, 6) is 0.0546. The van der Waals surface area contributed by atoms with Crippen molar-refractivity contribution in [1.29, 1.82) is 0 Å². The molecule has 0 N–H and O–H groups in total. The van der Waals surface area contributed by atoms with Gasteiger partial charge in [-0.15, -0.1) is 0 Å². The van der Waals surface area contributed by atoms with Gasteiger partial charge in [-0.25, -0.2) is 4.98 Å². The molecule has 0 saturated carbocycles. The first-order valence-corrected chi connectivity index (χ1v) is 6.12. The fourth-order valence-corrected chi connectivity index (χ4v) is 1.97. The molecule has 0 aliphatic heterocycles. The van der Waals surface area contributed by atoms with E-state index in [0.29, 0.717) is 6.42 Å². The Balaban J connectivity index is 2.42. The Bertz CT molecular complexity index is 345. The van der Waals surface area contributed by atoms with Crippen LogP contribution in [0.5, 0.6) is 0 Å². The van der Waals surface area contributed by atoms with Crippen molar-refractivity contribution in [2.45, 2.75) is 26.2 Å². The van der Waals surface area contributed by atoms with Crippen LogP contribution in [0.1, 0.15) is 26.2 Å². The van der Waals surface area contributed by atoms with E-state index in [1.54, 1.807) is 0 Å². The Kier molecular flexibility index (Phi) is 3.94. The van der Waals surface area contributed by atoms with Crippen molar-refractivity contribution in [2.75, 3.05) is 5.75 Å². The van der Waals surface area contributed by atoms with E-state index in [4.69, 9.17) is 4.28 Å². The van der Waals surface area contributed by atoms with E-state index >= 15 is 0 Å². The largest absolute Gasteiger partial charge is 0.327 e. The van der Waals surface area contributed by atoms with Crippen LogP contribution in [0.25, 0.3) is 0 Å². The fraction of sp³-hybridized carbons (Fsp3) is 0.625. The summed E-state index contributed by atoms with van der Waals surface area (Å²) in [5, 5.41) is 0. The lowest BCUT2D eigenvalue weighted by Crippen LogP contribution is -2.21. The Hall–Kier alpha value is -1.04. The highest BCUT2D eigenvalue weighted by Crippen LogP contribution is 1.99. The van der Waals surface area contributed by atoms with Gasteiger partial charge in [0.1, 0.15) is 6.33 Å². The zero-order valence-electron chi connectivity index (χ0n) is 8.09. The molecule has 80 valence electrons. The quantitative estimate of drug-likeness (QED) is 0.663. The lowest BCUT2D eigenvalue weighted by Gasteiger charge is -2.05. The maximum absolute atomic E-state index is 11.3. The molecule has 0 aromatic carbocycles. The Morgan fingerprint density at radius 2 is 2.21 bits per heavy atom. The lowest BCUT2D eigenvalue weighted by atomic mass is 10.3. The van der Waals surface area contributed by atoms with Gasteiger partial charge >= 0.3 is 10.1 Å². The highest BCUT2D eigenvalue weighted by Gasteiger charge is 2.11. The van der Waals surface area contributed by atoms with Crippen LogP contribution in [0.3, 0.4) is 0 Å². The molecule has 1 heterocycles. The van der Waals surface area contributed by atoms with Gasteiger partial charge in [-0.05, 0) is 6.42 Å². The van der Waals surface area contributed by atoms with Gasteiger partial charge in [0.05, 0.1) is 11.9 Å². The van der Waals surface area contributed by atoms with Gasteiger partial charge in [-0.3, -0.25) is 4.28 Å². The van der Waals surface area contributed by atoms with Crippen molar-refractivity contribution in [3.8, 4) is 0 Å². The predicted octanol–water partition coefficient (Wildman–Crippen LogP) is 0.832. The van der Waals surface area contributed by atoms with Crippen molar-refractivity contribution in [3.63, 3.8) is 0 Å². The first-order valence-electron chi connectivity index (χ1n) is 4.54. The molecule has 1 rings (SSSR count). The third-order valence-corrected chi connectivity index (χ3v) is 2.87. The molecule has 0 aliphatic carbocycles. The van der Waals surface area contributed by atoms with E-state index < -0.39 is 10.1 Å². The van der Waals surface area contributed by atoms with Gasteiger partial charge in [0.2, 0.25) is 0 Å². The number of rotatable bonds is 6. The molecule has 0 fully saturated rings. The minimum absolute atomic E-state index is 0.0546. The van der Waals surface area contributed by atoms with Crippen LogP contribution in [-0.4, -0.2) is 23.9 Å². The second kappa shape index (κ2) is 4.99. The summed E-state index contributed by atoms with van der Waals surface area (Å²) >= 11 is 0. The van der Waals surface area contributed by atoms with Crippen molar-refractivity contribution in [3.05, 3.63) is 18.7 Å². The molecular formula is C8H14N2O3S. The van der Waals surface area contributed by atoms with E-state index in [9.17, 15) is 8.42 Å². The molecular weight excluding hydrogens is 204 g/mol. The van der Waals surface area contributed by atoms with Crippen molar-refractivity contribution < 1.29 is 12.7 Å². The summed E-state index contributed by atoms with van der Waals surface area (Å²) in [5.41, 5.74) is 0. The minimum Gasteiger partial charge on any atom is -0.286 e. The van der Waals surface area contributed by atoms with Crippen molar-refractivity contribution in [1.82, 2.24) is 9.71 Å². The summed E-state index contributed by atoms with van der Waals surface area (Å²) < 4.78 is 28.4. The Labute approximate surface area is 83.8 Å². The summed E-state index contributed by atoms with van der Waals surface area (Å²) in [4.78, 5) is 3.68. The fourth-order valence-electron chi connectivity index (χ4n) is 0.988. The zero-order valence-corrected chi connectivity index (χ0v) is 8.90. The second-order valence-electron chi connectivity index (χ2n) is 2.97. The van der Waals surface area contributed by atoms with Gasteiger partial charge in [0.25, 0.3) is 0 Å². The van der Waals surface area contributed by atoms with Crippen molar-refractivity contribution >= 4 is 10.1 Å². The van der Waals surface area contributed by atoms with Crippen LogP contribution in [0.15, 0.2) is 18.7 Å². The molecule has 6 heteroatoms. The molecule has 0 bridgehead atoms. The molecule has 1 aromatic heterocycles. The summed E-state index contributed by atoms with van der Waals surface area (Å²) in [6.07, 6.45) is 6.72. The first kappa shape index (κ1) is 11.0. The number of hydrogen-bond donors (Lipinski definition) is 0. The zero-order chi connectivity index (χ0) is 10.4. The molecule has 0 aliphatic rings. The van der Waals surface area contributed by atoms with Gasteiger partial charge in [0, 0.05) is 6.20 Å². The highest BCUT2D eigenvalue weighted by molar-refractivity contribution is 7.86. The number of imidazole rings is 1.